The monoisotopic (exact) mass is 462 g/mol. The number of hydrogen-bond donors (Lipinski definition) is 1. The fraction of sp³-hybridized carbons (Fsp3) is 0.286. The first-order chi connectivity index (χ1) is 15.8. The van der Waals surface area contributed by atoms with Crippen molar-refractivity contribution in [2.45, 2.75) is 51.7 Å². The quantitative estimate of drug-likeness (QED) is 0.436. The Morgan fingerprint density at radius 2 is 1.42 bits per heavy atom. The second-order valence-corrected chi connectivity index (χ2v) is 9.01. The van der Waals surface area contributed by atoms with Crippen LogP contribution >= 0.6 is 11.6 Å². The Labute approximate surface area is 201 Å². The zero-order valence-corrected chi connectivity index (χ0v) is 20.1. The largest absolute Gasteiger partial charge is 0.352 e. The lowest BCUT2D eigenvalue weighted by molar-refractivity contribution is -0.141. The maximum atomic E-state index is 13.7. The van der Waals surface area contributed by atoms with Crippen molar-refractivity contribution in [3.63, 3.8) is 0 Å². The number of carbonyl (C=O) groups excluding carboxylic acids is 2. The third kappa shape index (κ3) is 6.93. The Balaban J connectivity index is 1.92. The molecule has 0 aromatic heterocycles. The van der Waals surface area contributed by atoms with Gasteiger partial charge >= 0.3 is 0 Å². The van der Waals surface area contributed by atoms with Crippen LogP contribution in [0.15, 0.2) is 84.9 Å². The lowest BCUT2D eigenvalue weighted by atomic mass is 9.88. The Morgan fingerprint density at radius 1 is 0.848 bits per heavy atom. The summed E-state index contributed by atoms with van der Waals surface area (Å²) < 4.78 is 0. The molecule has 4 nitrogen and oxygen atoms in total. The second-order valence-electron chi connectivity index (χ2n) is 8.57. The molecule has 33 heavy (non-hydrogen) atoms. The summed E-state index contributed by atoms with van der Waals surface area (Å²) in [5, 5.41) is 3.54. The highest BCUT2D eigenvalue weighted by Gasteiger charge is 2.29. The third-order valence-corrected chi connectivity index (χ3v) is 5.86. The number of nitrogens with one attached hydrogen (secondary N) is 1. The van der Waals surface area contributed by atoms with Crippen molar-refractivity contribution in [1.29, 1.82) is 0 Å². The van der Waals surface area contributed by atoms with E-state index in [4.69, 9.17) is 11.6 Å². The fourth-order valence-electron chi connectivity index (χ4n) is 3.91. The molecule has 5 heteroatoms. The first-order valence-corrected chi connectivity index (χ1v) is 11.7. The van der Waals surface area contributed by atoms with Gasteiger partial charge in [-0.15, -0.1) is 0 Å². The van der Waals surface area contributed by atoms with E-state index in [9.17, 15) is 9.59 Å². The van der Waals surface area contributed by atoms with Crippen LogP contribution in [0.5, 0.6) is 0 Å². The topological polar surface area (TPSA) is 49.4 Å². The minimum absolute atomic E-state index is 0.00976. The summed E-state index contributed by atoms with van der Waals surface area (Å²) in [5.74, 6) is -0.363. The minimum Gasteiger partial charge on any atom is -0.352 e. The molecule has 0 heterocycles. The number of halogens is 1. The number of hydrogen-bond acceptors (Lipinski definition) is 2. The maximum absolute atomic E-state index is 13.7. The van der Waals surface area contributed by atoms with Gasteiger partial charge in [-0.25, -0.2) is 0 Å². The molecular weight excluding hydrogens is 432 g/mol. The van der Waals surface area contributed by atoms with Crippen LogP contribution in [0.2, 0.25) is 5.02 Å². The van der Waals surface area contributed by atoms with Gasteiger partial charge in [0.1, 0.15) is 6.04 Å². The molecule has 1 atom stereocenters. The van der Waals surface area contributed by atoms with E-state index in [-0.39, 0.29) is 30.2 Å². The zero-order chi connectivity index (χ0) is 23.8. The predicted octanol–water partition coefficient (Wildman–Crippen LogP) is 5.80. The van der Waals surface area contributed by atoms with Crippen molar-refractivity contribution in [3.05, 3.63) is 107 Å². The number of rotatable bonds is 9. The highest BCUT2D eigenvalue weighted by molar-refractivity contribution is 6.30. The molecule has 0 fully saturated rings. The Kier molecular flexibility index (Phi) is 8.67. The van der Waals surface area contributed by atoms with Gasteiger partial charge in [0, 0.05) is 29.9 Å². The molecule has 0 spiro atoms. The smallest absolute Gasteiger partial charge is 0.242 e. The highest BCUT2D eigenvalue weighted by atomic mass is 35.5. The SMILES string of the molecule is CC(C)NC(=O)C(C)N(Cc1cccc(Cl)c1)C(=O)CC(c1ccccc1)c1ccccc1. The van der Waals surface area contributed by atoms with Crippen LogP contribution in [-0.4, -0.2) is 28.8 Å². The molecule has 1 N–H and O–H groups in total. The average molecular weight is 463 g/mol. The molecule has 0 aliphatic rings. The van der Waals surface area contributed by atoms with Crippen LogP contribution in [0, 0.1) is 0 Å². The van der Waals surface area contributed by atoms with Crippen molar-refractivity contribution in [1.82, 2.24) is 10.2 Å². The van der Waals surface area contributed by atoms with E-state index in [1.54, 1.807) is 17.9 Å². The van der Waals surface area contributed by atoms with Gasteiger partial charge in [-0.2, -0.15) is 0 Å². The normalized spacial score (nSPS) is 11.9. The molecule has 2 amide bonds. The lowest BCUT2D eigenvalue weighted by Gasteiger charge is -2.31. The van der Waals surface area contributed by atoms with E-state index in [2.05, 4.69) is 5.32 Å². The van der Waals surface area contributed by atoms with E-state index < -0.39 is 6.04 Å². The summed E-state index contributed by atoms with van der Waals surface area (Å²) in [6.07, 6.45) is 0.258. The molecule has 1 unspecified atom stereocenters. The highest BCUT2D eigenvalue weighted by Crippen LogP contribution is 2.29. The standard InChI is InChI=1S/C28H31ClN2O2/c1-20(2)30-28(33)21(3)31(19-22-11-10-16-25(29)17-22)27(32)18-26(23-12-6-4-7-13-23)24-14-8-5-9-15-24/h4-17,20-21,26H,18-19H2,1-3H3,(H,30,33). The van der Waals surface area contributed by atoms with Crippen molar-refractivity contribution in [3.8, 4) is 0 Å². The molecule has 0 bridgehead atoms. The van der Waals surface area contributed by atoms with Crippen LogP contribution in [-0.2, 0) is 16.1 Å². The minimum atomic E-state index is -0.619. The Morgan fingerprint density at radius 3 is 1.94 bits per heavy atom. The van der Waals surface area contributed by atoms with Crippen LogP contribution in [0.25, 0.3) is 0 Å². The summed E-state index contributed by atoms with van der Waals surface area (Å²) in [5.41, 5.74) is 3.02. The summed E-state index contributed by atoms with van der Waals surface area (Å²) in [6.45, 7) is 5.91. The van der Waals surface area contributed by atoms with Crippen LogP contribution in [0.3, 0.4) is 0 Å². The molecule has 0 saturated carbocycles. The van der Waals surface area contributed by atoms with E-state index in [1.165, 1.54) is 0 Å². The van der Waals surface area contributed by atoms with E-state index in [1.807, 2.05) is 92.7 Å². The van der Waals surface area contributed by atoms with Crippen LogP contribution in [0.1, 0.15) is 49.8 Å². The Hall–Kier alpha value is -3.11. The number of benzene rings is 3. The molecular formula is C28H31ClN2O2. The summed E-state index contributed by atoms with van der Waals surface area (Å²) in [4.78, 5) is 28.2. The van der Waals surface area contributed by atoms with Crippen LogP contribution < -0.4 is 5.32 Å². The maximum Gasteiger partial charge on any atom is 0.242 e. The molecule has 3 rings (SSSR count). The van der Waals surface area contributed by atoms with Crippen molar-refractivity contribution >= 4 is 23.4 Å². The number of carbonyl (C=O) groups is 2. The number of nitrogens with zero attached hydrogens (tertiary/aromatic N) is 1. The molecule has 3 aromatic rings. The third-order valence-electron chi connectivity index (χ3n) is 5.62. The lowest BCUT2D eigenvalue weighted by Crippen LogP contribution is -2.49. The summed E-state index contributed by atoms with van der Waals surface area (Å²) in [7, 11) is 0. The zero-order valence-electron chi connectivity index (χ0n) is 19.4. The van der Waals surface area contributed by atoms with Crippen molar-refractivity contribution in [2.24, 2.45) is 0 Å². The van der Waals surface area contributed by atoms with Gasteiger partial charge in [0.15, 0.2) is 0 Å². The molecule has 172 valence electrons. The van der Waals surface area contributed by atoms with Crippen molar-refractivity contribution in [2.75, 3.05) is 0 Å². The summed E-state index contributed by atoms with van der Waals surface area (Å²) in [6, 6.07) is 26.8. The van der Waals surface area contributed by atoms with Gasteiger partial charge in [-0.1, -0.05) is 84.4 Å². The van der Waals surface area contributed by atoms with Gasteiger partial charge in [-0.05, 0) is 49.6 Å². The molecule has 3 aromatic carbocycles. The number of amides is 2. The second kappa shape index (κ2) is 11.7. The van der Waals surface area contributed by atoms with Gasteiger partial charge in [0.25, 0.3) is 0 Å². The molecule has 0 aliphatic carbocycles. The van der Waals surface area contributed by atoms with Gasteiger partial charge in [0.2, 0.25) is 11.8 Å². The van der Waals surface area contributed by atoms with Crippen molar-refractivity contribution < 1.29 is 9.59 Å². The first-order valence-electron chi connectivity index (χ1n) is 11.3. The molecule has 0 radical (unpaired) electrons. The molecule has 0 aliphatic heterocycles. The van der Waals surface area contributed by atoms with E-state index in [0.717, 1.165) is 16.7 Å². The first kappa shape index (κ1) is 24.5. The molecule has 0 saturated heterocycles. The van der Waals surface area contributed by atoms with Gasteiger partial charge < -0.3 is 10.2 Å². The van der Waals surface area contributed by atoms with Gasteiger partial charge in [-0.3, -0.25) is 9.59 Å². The predicted molar refractivity (Wildman–Crippen MR) is 134 cm³/mol. The van der Waals surface area contributed by atoms with E-state index in [0.29, 0.717) is 11.6 Å². The average Bonchev–Trinajstić information content (AvgIpc) is 2.81. The van der Waals surface area contributed by atoms with E-state index >= 15 is 0 Å². The fourth-order valence-corrected chi connectivity index (χ4v) is 4.12. The Bertz CT molecular complexity index is 1010. The van der Waals surface area contributed by atoms with Crippen LogP contribution in [0.4, 0.5) is 0 Å². The van der Waals surface area contributed by atoms with Gasteiger partial charge in [0.05, 0.1) is 0 Å². The summed E-state index contributed by atoms with van der Waals surface area (Å²) >= 11 is 6.18.